The number of anilines is 1. The smallest absolute Gasteiger partial charge is 0.227 e. The lowest BCUT2D eigenvalue weighted by Crippen LogP contribution is -2.27. The molecule has 0 aliphatic heterocycles. The molecular weight excluding hydrogens is 312 g/mol. The second kappa shape index (κ2) is 7.79. The highest BCUT2D eigenvalue weighted by Gasteiger charge is 2.11. The van der Waals surface area contributed by atoms with E-state index in [1.165, 1.54) is 6.92 Å². The van der Waals surface area contributed by atoms with Crippen molar-refractivity contribution < 1.29 is 9.59 Å². The maximum absolute atomic E-state index is 12.3. The largest absolute Gasteiger partial charge is 0.341 e. The molecule has 2 amide bonds. The van der Waals surface area contributed by atoms with E-state index in [0.717, 1.165) is 16.8 Å². The van der Waals surface area contributed by atoms with Gasteiger partial charge in [0.15, 0.2) is 0 Å². The first-order valence-corrected chi connectivity index (χ1v) is 7.67. The summed E-state index contributed by atoms with van der Waals surface area (Å²) < 4.78 is 0. The van der Waals surface area contributed by atoms with E-state index in [1.54, 1.807) is 24.1 Å². The Morgan fingerprint density at radius 1 is 1.09 bits per heavy atom. The highest BCUT2D eigenvalue weighted by atomic mass is 35.5. The molecule has 0 atom stereocenters. The minimum atomic E-state index is -0.117. The van der Waals surface area contributed by atoms with Crippen LogP contribution in [0.2, 0.25) is 5.02 Å². The first-order chi connectivity index (χ1) is 11.0. The van der Waals surface area contributed by atoms with Gasteiger partial charge < -0.3 is 10.2 Å². The van der Waals surface area contributed by atoms with Gasteiger partial charge in [0, 0.05) is 31.2 Å². The summed E-state index contributed by atoms with van der Waals surface area (Å²) in [6.45, 7) is 1.93. The molecule has 0 radical (unpaired) electrons. The molecule has 1 N–H and O–H groups in total. The zero-order chi connectivity index (χ0) is 16.8. The highest BCUT2D eigenvalue weighted by molar-refractivity contribution is 6.31. The van der Waals surface area contributed by atoms with E-state index in [9.17, 15) is 9.59 Å². The Morgan fingerprint density at radius 3 is 2.35 bits per heavy atom. The van der Waals surface area contributed by atoms with Crippen LogP contribution in [0.3, 0.4) is 0 Å². The van der Waals surface area contributed by atoms with Gasteiger partial charge in [-0.1, -0.05) is 41.9 Å². The number of halogens is 1. The van der Waals surface area contributed by atoms with E-state index < -0.39 is 0 Å². The molecule has 0 saturated carbocycles. The van der Waals surface area contributed by atoms with Gasteiger partial charge in [0.25, 0.3) is 0 Å². The number of amides is 2. The third-order valence-electron chi connectivity index (χ3n) is 3.42. The van der Waals surface area contributed by atoms with E-state index in [2.05, 4.69) is 5.32 Å². The summed E-state index contributed by atoms with van der Waals surface area (Å²) in [6, 6.07) is 14.8. The molecule has 2 rings (SSSR count). The van der Waals surface area contributed by atoms with Crippen molar-refractivity contribution in [3.63, 3.8) is 0 Å². The molecular formula is C18H19ClN2O2. The van der Waals surface area contributed by atoms with Crippen molar-refractivity contribution in [3.8, 4) is 0 Å². The Bertz CT molecular complexity index is 698. The Labute approximate surface area is 141 Å². The van der Waals surface area contributed by atoms with Gasteiger partial charge in [0.1, 0.15) is 0 Å². The van der Waals surface area contributed by atoms with Crippen molar-refractivity contribution in [1.29, 1.82) is 0 Å². The predicted octanol–water partition coefficient (Wildman–Crippen LogP) is 3.50. The van der Waals surface area contributed by atoms with Crippen LogP contribution in [0.15, 0.2) is 48.5 Å². The highest BCUT2D eigenvalue weighted by Crippen LogP contribution is 2.17. The summed E-state index contributed by atoms with van der Waals surface area (Å²) in [6.07, 6.45) is 0.307. The minimum Gasteiger partial charge on any atom is -0.341 e. The second-order valence-corrected chi connectivity index (χ2v) is 5.80. The maximum atomic E-state index is 12.3. The zero-order valence-corrected chi connectivity index (χ0v) is 13.9. The van der Waals surface area contributed by atoms with Gasteiger partial charge in [-0.2, -0.15) is 0 Å². The van der Waals surface area contributed by atoms with Crippen molar-refractivity contribution in [3.05, 3.63) is 64.7 Å². The fourth-order valence-corrected chi connectivity index (χ4v) is 2.38. The van der Waals surface area contributed by atoms with Crippen LogP contribution in [0.25, 0.3) is 0 Å². The number of carbonyl (C=O) groups is 2. The quantitative estimate of drug-likeness (QED) is 0.912. The summed E-state index contributed by atoms with van der Waals surface area (Å²) in [7, 11) is 1.76. The normalized spacial score (nSPS) is 10.2. The molecule has 0 saturated heterocycles. The van der Waals surface area contributed by atoms with E-state index in [-0.39, 0.29) is 11.8 Å². The topological polar surface area (TPSA) is 49.4 Å². The van der Waals surface area contributed by atoms with Gasteiger partial charge >= 0.3 is 0 Å². The molecule has 23 heavy (non-hydrogen) atoms. The lowest BCUT2D eigenvalue weighted by molar-refractivity contribution is -0.129. The summed E-state index contributed by atoms with van der Waals surface area (Å²) in [4.78, 5) is 24.9. The summed E-state index contributed by atoms with van der Waals surface area (Å²) in [5.74, 6) is -0.106. The molecule has 0 unspecified atom stereocenters. The van der Waals surface area contributed by atoms with Crippen LogP contribution in [-0.2, 0) is 22.6 Å². The molecule has 120 valence electrons. The van der Waals surface area contributed by atoms with Crippen molar-refractivity contribution in [2.24, 2.45) is 0 Å². The van der Waals surface area contributed by atoms with Crippen LogP contribution >= 0.6 is 11.6 Å². The van der Waals surface area contributed by atoms with Crippen LogP contribution < -0.4 is 5.32 Å². The van der Waals surface area contributed by atoms with E-state index in [4.69, 9.17) is 11.6 Å². The summed E-state index contributed by atoms with van der Waals surface area (Å²) in [5.41, 5.74) is 2.54. The molecule has 0 aliphatic carbocycles. The third kappa shape index (κ3) is 5.11. The number of benzene rings is 2. The first kappa shape index (κ1) is 17.0. The van der Waals surface area contributed by atoms with Crippen LogP contribution in [0, 0.1) is 0 Å². The standard InChI is InChI=1S/C18H19ClN2O2/c1-13(22)20-16-9-7-14(8-10-16)11-18(23)21(2)12-15-5-3-4-6-17(15)19/h3-10H,11-12H2,1-2H3,(H,20,22). The lowest BCUT2D eigenvalue weighted by atomic mass is 10.1. The Morgan fingerprint density at radius 2 is 1.74 bits per heavy atom. The maximum Gasteiger partial charge on any atom is 0.227 e. The zero-order valence-electron chi connectivity index (χ0n) is 13.2. The molecule has 2 aromatic carbocycles. The Kier molecular flexibility index (Phi) is 5.77. The first-order valence-electron chi connectivity index (χ1n) is 7.29. The van der Waals surface area contributed by atoms with E-state index in [0.29, 0.717) is 18.0 Å². The van der Waals surface area contributed by atoms with Gasteiger partial charge in [-0.15, -0.1) is 0 Å². The second-order valence-electron chi connectivity index (χ2n) is 5.40. The fourth-order valence-electron chi connectivity index (χ4n) is 2.19. The van der Waals surface area contributed by atoms with Crippen LogP contribution in [0.5, 0.6) is 0 Å². The number of rotatable bonds is 5. The Balaban J connectivity index is 1.95. The number of hydrogen-bond acceptors (Lipinski definition) is 2. The van der Waals surface area contributed by atoms with Gasteiger partial charge in [-0.3, -0.25) is 9.59 Å². The van der Waals surface area contributed by atoms with Gasteiger partial charge in [0.2, 0.25) is 11.8 Å². The minimum absolute atomic E-state index is 0.0113. The molecule has 0 heterocycles. The monoisotopic (exact) mass is 330 g/mol. The number of likely N-dealkylation sites (N-methyl/N-ethyl adjacent to an activating group) is 1. The SMILES string of the molecule is CC(=O)Nc1ccc(CC(=O)N(C)Cc2ccccc2Cl)cc1. The molecule has 5 heteroatoms. The fraction of sp³-hybridized carbons (Fsp3) is 0.222. The summed E-state index contributed by atoms with van der Waals surface area (Å²) in [5, 5.41) is 3.36. The van der Waals surface area contributed by atoms with Gasteiger partial charge in [-0.05, 0) is 29.3 Å². The van der Waals surface area contributed by atoms with Crippen molar-refractivity contribution in [2.75, 3.05) is 12.4 Å². The predicted molar refractivity (Wildman–Crippen MR) is 92.4 cm³/mol. The number of nitrogens with one attached hydrogen (secondary N) is 1. The summed E-state index contributed by atoms with van der Waals surface area (Å²) >= 11 is 6.12. The van der Waals surface area contributed by atoms with Crippen LogP contribution in [0.1, 0.15) is 18.1 Å². The van der Waals surface area contributed by atoms with Gasteiger partial charge in [-0.25, -0.2) is 0 Å². The number of carbonyl (C=O) groups excluding carboxylic acids is 2. The van der Waals surface area contributed by atoms with Crippen molar-refractivity contribution >= 4 is 29.1 Å². The average Bonchev–Trinajstić information content (AvgIpc) is 2.51. The number of hydrogen-bond donors (Lipinski definition) is 1. The van der Waals surface area contributed by atoms with Crippen LogP contribution in [0.4, 0.5) is 5.69 Å². The van der Waals surface area contributed by atoms with Gasteiger partial charge in [0.05, 0.1) is 6.42 Å². The molecule has 0 spiro atoms. The lowest BCUT2D eigenvalue weighted by Gasteiger charge is -2.18. The molecule has 0 fully saturated rings. The molecule has 2 aromatic rings. The molecule has 0 aromatic heterocycles. The molecule has 0 bridgehead atoms. The van der Waals surface area contributed by atoms with E-state index >= 15 is 0 Å². The van der Waals surface area contributed by atoms with E-state index in [1.807, 2.05) is 36.4 Å². The van der Waals surface area contributed by atoms with Crippen LogP contribution in [-0.4, -0.2) is 23.8 Å². The third-order valence-corrected chi connectivity index (χ3v) is 3.79. The van der Waals surface area contributed by atoms with Crippen molar-refractivity contribution in [2.45, 2.75) is 19.9 Å². The Hall–Kier alpha value is -2.33. The average molecular weight is 331 g/mol. The number of nitrogens with zero attached hydrogens (tertiary/aromatic N) is 1. The molecule has 0 aliphatic rings. The molecule has 4 nitrogen and oxygen atoms in total. The van der Waals surface area contributed by atoms with Crippen molar-refractivity contribution in [1.82, 2.24) is 4.90 Å².